The zero-order valence-corrected chi connectivity index (χ0v) is 51.4. The Kier molecular flexibility index (Phi) is 24.0. The fourth-order valence-electron chi connectivity index (χ4n) is 5.82. The van der Waals surface area contributed by atoms with Gasteiger partial charge in [-0.05, 0) is 72.8 Å². The van der Waals surface area contributed by atoms with Gasteiger partial charge in [0.1, 0.15) is 64.0 Å². The summed E-state index contributed by atoms with van der Waals surface area (Å²) in [5.74, 6) is -9.23. The van der Waals surface area contributed by atoms with Crippen LogP contribution in [0.3, 0.4) is 0 Å². The first-order chi connectivity index (χ1) is 30.8. The van der Waals surface area contributed by atoms with Crippen molar-refractivity contribution in [2.45, 2.75) is 19.6 Å². The van der Waals surface area contributed by atoms with E-state index in [1.165, 1.54) is 0 Å². The van der Waals surface area contributed by atoms with E-state index in [0.717, 1.165) is 72.8 Å². The first-order valence-corrected chi connectivity index (χ1v) is 29.5. The van der Waals surface area contributed by atoms with Crippen LogP contribution in [0.25, 0.3) is 0 Å². The van der Waals surface area contributed by atoms with Crippen LogP contribution in [0, 0.1) is 0 Å². The molecule has 28 nitrogen and oxygen atoms in total. The van der Waals surface area contributed by atoms with Gasteiger partial charge in [-0.3, -0.25) is 19.2 Å². The van der Waals surface area contributed by atoms with Crippen molar-refractivity contribution >= 4 is 104 Å². The molecule has 4 N–H and O–H groups in total. The maximum absolute atomic E-state index is 12.9. The van der Waals surface area contributed by atoms with Crippen LogP contribution in [0.4, 0.5) is 0 Å². The predicted octanol–water partition coefficient (Wildman–Crippen LogP) is -15.9. The van der Waals surface area contributed by atoms with Gasteiger partial charge in [0.25, 0.3) is 0 Å². The quantitative estimate of drug-likeness (QED) is 0.0516. The number of nitrogens with one attached hydrogen (secondary N) is 4. The van der Waals surface area contributed by atoms with Crippen LogP contribution in [-0.2, 0) is 80.6 Å². The van der Waals surface area contributed by atoms with Crippen molar-refractivity contribution in [2.24, 2.45) is 0 Å². The van der Waals surface area contributed by atoms with E-state index in [4.69, 9.17) is 0 Å². The monoisotopic (exact) mass is 1200 g/mol. The molecule has 0 fully saturated rings. The van der Waals surface area contributed by atoms with Crippen LogP contribution in [0.5, 0.6) is 0 Å². The van der Waals surface area contributed by atoms with Crippen molar-refractivity contribution in [3.8, 4) is 0 Å². The molecule has 0 aliphatic heterocycles. The topological polar surface area (TPSA) is 482 Å². The van der Waals surface area contributed by atoms with E-state index >= 15 is 0 Å². The van der Waals surface area contributed by atoms with Crippen molar-refractivity contribution in [3.05, 3.63) is 117 Å². The van der Waals surface area contributed by atoms with Crippen LogP contribution in [0.2, 0.25) is 0 Å². The second kappa shape index (κ2) is 25.1. The molecule has 2 aliphatic carbocycles. The maximum atomic E-state index is 12.9. The molecule has 40 heteroatoms. The number of carbonyl (C=O) groups excluding carboxylic acids is 4. The summed E-state index contributed by atoms with van der Waals surface area (Å²) in [6.45, 7) is 0. The Hall–Kier alpha value is -1.16. The Bertz CT molecular complexity index is 3340. The Balaban J connectivity index is 0.000000682. The first kappa shape index (κ1) is 68.9. The molecule has 4 aromatic carbocycles. The number of benzene rings is 4. The van der Waals surface area contributed by atoms with Crippen molar-refractivity contribution < 1.29 is 223 Å². The van der Waals surface area contributed by atoms with Gasteiger partial charge in [0.2, 0.25) is 40.1 Å². The van der Waals surface area contributed by atoms with Crippen molar-refractivity contribution in [2.75, 3.05) is 23.5 Å². The number of fused-ring (bicyclic) bond motifs is 4. The molecule has 0 bridgehead atoms. The molecule has 0 spiro atoms. The average molecular weight is 1200 g/mol. The third kappa shape index (κ3) is 17.4. The molecule has 4 aromatic rings. The number of ketones is 4. The Morgan fingerprint density at radius 3 is 0.569 bits per heavy atom. The smallest absolute Gasteiger partial charge is 0.747 e. The minimum absolute atomic E-state index is 0. The van der Waals surface area contributed by atoms with E-state index in [-0.39, 0.29) is 163 Å². The van der Waals surface area contributed by atoms with E-state index < -0.39 is 147 Å². The number of sulfonamides is 4. The molecule has 72 heavy (non-hydrogen) atoms. The largest absolute Gasteiger partial charge is 1.00 e. The van der Waals surface area contributed by atoms with Gasteiger partial charge in [0.15, 0.2) is 23.1 Å². The Labute approximate surface area is 499 Å². The molecular weight excluding hydrogens is 1170 g/mol. The summed E-state index contributed by atoms with van der Waals surface area (Å²) in [5, 5.41) is 0. The van der Waals surface area contributed by atoms with E-state index in [9.17, 15) is 105 Å². The van der Waals surface area contributed by atoms with Crippen LogP contribution < -0.4 is 137 Å². The maximum Gasteiger partial charge on any atom is 1.00 e. The van der Waals surface area contributed by atoms with Crippen molar-refractivity contribution in [1.29, 1.82) is 0 Å². The van der Waals surface area contributed by atoms with E-state index in [1.807, 2.05) is 0 Å². The van der Waals surface area contributed by atoms with Crippen LogP contribution in [-0.4, -0.2) is 132 Å². The van der Waals surface area contributed by atoms with Crippen LogP contribution >= 0.6 is 0 Å². The van der Waals surface area contributed by atoms with Gasteiger partial charge >= 0.3 is 118 Å². The van der Waals surface area contributed by atoms with Gasteiger partial charge in [-0.15, -0.1) is 0 Å². The van der Waals surface area contributed by atoms with Gasteiger partial charge in [-0.1, -0.05) is 0 Å². The molecule has 2 aliphatic rings. The van der Waals surface area contributed by atoms with E-state index in [2.05, 4.69) is 0 Å². The van der Waals surface area contributed by atoms with Crippen molar-refractivity contribution in [1.82, 2.24) is 18.9 Å². The zero-order chi connectivity index (χ0) is 51.4. The normalized spacial score (nSPS) is 13.7. The van der Waals surface area contributed by atoms with Gasteiger partial charge in [-0.25, -0.2) is 67.3 Å². The first-order valence-electron chi connectivity index (χ1n) is 17.3. The number of hydrogen-bond acceptors (Lipinski definition) is 24. The molecule has 0 saturated heterocycles. The summed E-state index contributed by atoms with van der Waals surface area (Å²) >= 11 is 0. The van der Waals surface area contributed by atoms with Gasteiger partial charge in [-0.2, -0.15) is 18.9 Å². The summed E-state index contributed by atoms with van der Waals surface area (Å²) in [6.07, 6.45) is 0. The summed E-state index contributed by atoms with van der Waals surface area (Å²) in [7, 11) is -37.9. The second-order valence-electron chi connectivity index (χ2n) is 13.5. The molecule has 0 saturated carbocycles. The summed E-state index contributed by atoms with van der Waals surface area (Å²) in [5.41, 5.74) is -2.69. The summed E-state index contributed by atoms with van der Waals surface area (Å²) < 4.78 is 232. The summed E-state index contributed by atoms with van der Waals surface area (Å²) in [6, 6.07) is 10.5. The van der Waals surface area contributed by atoms with Gasteiger partial charge < -0.3 is 18.2 Å². The molecule has 368 valence electrons. The fraction of sp³-hybridized carbons (Fsp3) is 0.125. The predicted molar refractivity (Wildman–Crippen MR) is 219 cm³/mol. The zero-order valence-electron chi connectivity index (χ0n) is 36.8. The molecule has 0 atom stereocenters. The fourth-order valence-corrected chi connectivity index (χ4v) is 13.4. The van der Waals surface area contributed by atoms with Gasteiger partial charge in [0, 0.05) is 44.5 Å². The number of rotatable bonds is 16. The van der Waals surface area contributed by atoms with E-state index in [0.29, 0.717) is 0 Å². The number of hydrogen-bond donors (Lipinski definition) is 4. The average Bonchev–Trinajstić information content (AvgIpc) is 3.23. The molecule has 0 aromatic heterocycles. The second-order valence-corrected chi connectivity index (χ2v) is 26.2. The number of carbonyl (C=O) groups is 4. The van der Waals surface area contributed by atoms with Crippen molar-refractivity contribution in [3.63, 3.8) is 0 Å². The summed E-state index contributed by atoms with van der Waals surface area (Å²) in [4.78, 5) is 49.0. The third-order valence-corrected chi connectivity index (χ3v) is 17.2. The molecular formula is C32H24N4Na4O24S8. The SMILES string of the molecule is O=C1c2ccc(S(=O)(=O)NCS(=O)(=O)[O-])cc2C(=O)c2ccc(S(=O)(=O)NCS(=O)(=O)[O-])cc21.O=C1c2ccc(S(=O)(=O)NCS(=O)(=O)[O-])cc2C(=O)c2ccc(S(=O)(=O)NCS(=O)(=O)[O-])cc21.[Na+].[Na+].[Na+].[Na+]. The molecule has 6 rings (SSSR count). The van der Waals surface area contributed by atoms with Crippen LogP contribution in [0.15, 0.2) is 92.4 Å². The Morgan fingerprint density at radius 2 is 0.431 bits per heavy atom. The molecule has 0 radical (unpaired) electrons. The van der Waals surface area contributed by atoms with Crippen LogP contribution in [0.1, 0.15) is 63.7 Å². The molecule has 0 unspecified atom stereocenters. The third-order valence-electron chi connectivity index (χ3n) is 8.87. The molecule has 0 heterocycles. The van der Waals surface area contributed by atoms with Gasteiger partial charge in [0.05, 0.1) is 19.6 Å². The minimum Gasteiger partial charge on any atom is -0.747 e. The molecule has 0 amide bonds. The minimum atomic E-state index is -4.94. The van der Waals surface area contributed by atoms with E-state index in [1.54, 1.807) is 18.9 Å². The standard InChI is InChI=1S/2C16H14N2O12S4.4Na/c2*19-15-11-3-1-9(33(27,28)17-7-31(21,22)23)5-13(11)16(20)12-4-2-10(6-14(12)15)34(29,30)18-8-32(24,25)26;;;;/h2*1-6,17-18H,7-8H2,(H,21,22,23)(H,24,25,26);;;;/q;;4*+1/p-4. The Morgan fingerprint density at radius 1 is 0.278 bits per heavy atom.